The van der Waals surface area contributed by atoms with Crippen molar-refractivity contribution in [1.82, 2.24) is 15.6 Å². The Kier molecular flexibility index (Phi) is 5.30. The smallest absolute Gasteiger partial charge is 0.244 e. The number of aromatic nitrogens is 1. The highest BCUT2D eigenvalue weighted by Crippen LogP contribution is 2.15. The van der Waals surface area contributed by atoms with Crippen LogP contribution in [0.2, 0.25) is 0 Å². The molecule has 6 heteroatoms. The lowest BCUT2D eigenvalue weighted by molar-refractivity contribution is -0.124. The summed E-state index contributed by atoms with van der Waals surface area (Å²) in [5.41, 5.74) is 1.43. The lowest BCUT2D eigenvalue weighted by Gasteiger charge is -2.07. The molecule has 2 rings (SSSR count). The molecule has 0 radical (unpaired) electrons. The fourth-order valence-corrected chi connectivity index (χ4v) is 1.74. The van der Waals surface area contributed by atoms with Crippen LogP contribution < -0.4 is 10.6 Å². The normalized spacial score (nSPS) is 11.2. The third-order valence-corrected chi connectivity index (χ3v) is 2.94. The molecule has 1 aromatic heterocycles. The Morgan fingerprint density at radius 3 is 2.68 bits per heavy atom. The van der Waals surface area contributed by atoms with Crippen LogP contribution in [0.3, 0.4) is 0 Å². The SMILES string of the molecule is CC(C)C(=O)NCCNC(=O)/C=C/c1nc2ccccc2o1. The Morgan fingerprint density at radius 1 is 1.23 bits per heavy atom. The average molecular weight is 301 g/mol. The number of carbonyl (C=O) groups excluding carboxylic acids is 2. The maximum absolute atomic E-state index is 11.6. The Labute approximate surface area is 128 Å². The number of rotatable bonds is 6. The molecule has 0 bridgehead atoms. The molecule has 0 fully saturated rings. The van der Waals surface area contributed by atoms with E-state index < -0.39 is 0 Å². The first-order valence-electron chi connectivity index (χ1n) is 7.15. The van der Waals surface area contributed by atoms with Gasteiger partial charge in [-0.15, -0.1) is 0 Å². The molecule has 0 aliphatic carbocycles. The second-order valence-electron chi connectivity index (χ2n) is 5.09. The van der Waals surface area contributed by atoms with Crippen LogP contribution in [-0.4, -0.2) is 29.9 Å². The topological polar surface area (TPSA) is 84.2 Å². The molecule has 0 aliphatic heterocycles. The Balaban J connectivity index is 1.78. The second kappa shape index (κ2) is 7.40. The zero-order chi connectivity index (χ0) is 15.9. The van der Waals surface area contributed by atoms with Crippen LogP contribution in [0.4, 0.5) is 0 Å². The van der Waals surface area contributed by atoms with Crippen molar-refractivity contribution in [2.45, 2.75) is 13.8 Å². The molecule has 2 amide bonds. The summed E-state index contributed by atoms with van der Waals surface area (Å²) in [5, 5.41) is 5.39. The first-order valence-corrected chi connectivity index (χ1v) is 7.15. The van der Waals surface area contributed by atoms with Crippen LogP contribution in [0.15, 0.2) is 34.8 Å². The Hall–Kier alpha value is -2.63. The highest BCUT2D eigenvalue weighted by Gasteiger charge is 2.05. The Morgan fingerprint density at radius 2 is 1.95 bits per heavy atom. The number of carbonyl (C=O) groups is 2. The van der Waals surface area contributed by atoms with Crippen molar-refractivity contribution in [1.29, 1.82) is 0 Å². The molecule has 2 aromatic rings. The van der Waals surface area contributed by atoms with Crippen LogP contribution >= 0.6 is 0 Å². The molecular formula is C16H19N3O3. The van der Waals surface area contributed by atoms with Crippen molar-refractivity contribution < 1.29 is 14.0 Å². The van der Waals surface area contributed by atoms with Gasteiger partial charge in [0.25, 0.3) is 0 Å². The summed E-state index contributed by atoms with van der Waals surface area (Å²) < 4.78 is 5.47. The van der Waals surface area contributed by atoms with Crippen molar-refractivity contribution in [2.75, 3.05) is 13.1 Å². The van der Waals surface area contributed by atoms with E-state index >= 15 is 0 Å². The molecular weight excluding hydrogens is 282 g/mol. The van der Waals surface area contributed by atoms with Gasteiger partial charge in [0, 0.05) is 31.2 Å². The summed E-state index contributed by atoms with van der Waals surface area (Å²) in [6.07, 6.45) is 2.87. The van der Waals surface area contributed by atoms with Crippen molar-refractivity contribution in [3.8, 4) is 0 Å². The van der Waals surface area contributed by atoms with Gasteiger partial charge >= 0.3 is 0 Å². The first-order chi connectivity index (χ1) is 10.6. The minimum atomic E-state index is -0.263. The Bertz CT molecular complexity index is 656. The summed E-state index contributed by atoms with van der Waals surface area (Å²) in [4.78, 5) is 27.2. The largest absolute Gasteiger partial charge is 0.437 e. The number of benzene rings is 1. The summed E-state index contributed by atoms with van der Waals surface area (Å²) in [6, 6.07) is 7.39. The van der Waals surface area contributed by atoms with Crippen molar-refractivity contribution in [3.63, 3.8) is 0 Å². The van der Waals surface area contributed by atoms with Crippen LogP contribution in [0.5, 0.6) is 0 Å². The number of hydrogen-bond donors (Lipinski definition) is 2. The fourth-order valence-electron chi connectivity index (χ4n) is 1.74. The number of nitrogens with zero attached hydrogens (tertiary/aromatic N) is 1. The van der Waals surface area contributed by atoms with E-state index in [4.69, 9.17) is 4.42 Å². The van der Waals surface area contributed by atoms with Gasteiger partial charge in [-0.2, -0.15) is 0 Å². The average Bonchev–Trinajstić information content (AvgIpc) is 2.92. The lowest BCUT2D eigenvalue weighted by atomic mass is 10.2. The maximum atomic E-state index is 11.6. The third-order valence-electron chi connectivity index (χ3n) is 2.94. The number of para-hydroxylation sites is 2. The van der Waals surface area contributed by atoms with E-state index in [1.165, 1.54) is 12.2 Å². The summed E-state index contributed by atoms with van der Waals surface area (Å²) >= 11 is 0. The molecule has 22 heavy (non-hydrogen) atoms. The molecule has 0 unspecified atom stereocenters. The van der Waals surface area contributed by atoms with Gasteiger partial charge in [0.05, 0.1) is 0 Å². The predicted octanol–water partition coefficient (Wildman–Crippen LogP) is 1.73. The standard InChI is InChI=1S/C16H19N3O3/c1-11(2)16(21)18-10-9-17-14(20)7-8-15-19-12-5-3-4-6-13(12)22-15/h3-8,11H,9-10H2,1-2H3,(H,17,20)(H,18,21)/b8-7+. The van der Waals surface area contributed by atoms with E-state index in [-0.39, 0.29) is 17.7 Å². The molecule has 0 spiro atoms. The molecule has 0 saturated carbocycles. The monoisotopic (exact) mass is 301 g/mol. The minimum Gasteiger partial charge on any atom is -0.437 e. The van der Waals surface area contributed by atoms with Gasteiger partial charge in [-0.1, -0.05) is 26.0 Å². The molecule has 0 saturated heterocycles. The van der Waals surface area contributed by atoms with Gasteiger partial charge in [0.1, 0.15) is 5.52 Å². The lowest BCUT2D eigenvalue weighted by Crippen LogP contribution is -2.35. The van der Waals surface area contributed by atoms with Crippen LogP contribution in [0.25, 0.3) is 17.2 Å². The van der Waals surface area contributed by atoms with E-state index in [1.54, 1.807) is 0 Å². The highest BCUT2D eigenvalue weighted by molar-refractivity contribution is 5.91. The maximum Gasteiger partial charge on any atom is 0.244 e. The fraction of sp³-hybridized carbons (Fsp3) is 0.312. The molecule has 1 heterocycles. The molecule has 2 N–H and O–H groups in total. The summed E-state index contributed by atoms with van der Waals surface area (Å²) in [7, 11) is 0. The first kappa shape index (κ1) is 15.8. The molecule has 0 atom stereocenters. The van der Waals surface area contributed by atoms with E-state index in [9.17, 15) is 9.59 Å². The number of hydrogen-bond acceptors (Lipinski definition) is 4. The van der Waals surface area contributed by atoms with Gasteiger partial charge in [0.15, 0.2) is 5.58 Å². The zero-order valence-corrected chi connectivity index (χ0v) is 12.6. The number of amides is 2. The van der Waals surface area contributed by atoms with Crippen molar-refractivity contribution >= 4 is 29.0 Å². The van der Waals surface area contributed by atoms with E-state index in [1.807, 2.05) is 38.1 Å². The van der Waals surface area contributed by atoms with E-state index in [0.29, 0.717) is 24.6 Å². The van der Waals surface area contributed by atoms with Gasteiger partial charge in [-0.05, 0) is 12.1 Å². The van der Waals surface area contributed by atoms with E-state index in [2.05, 4.69) is 15.6 Å². The molecule has 1 aromatic carbocycles. The van der Waals surface area contributed by atoms with Crippen LogP contribution in [-0.2, 0) is 9.59 Å². The van der Waals surface area contributed by atoms with E-state index in [0.717, 1.165) is 5.52 Å². The third kappa shape index (κ3) is 4.44. The summed E-state index contributed by atoms with van der Waals surface area (Å²) in [5.74, 6) is 0.0246. The molecule has 116 valence electrons. The van der Waals surface area contributed by atoms with Gasteiger partial charge < -0.3 is 15.1 Å². The van der Waals surface area contributed by atoms with Gasteiger partial charge in [-0.3, -0.25) is 9.59 Å². The second-order valence-corrected chi connectivity index (χ2v) is 5.09. The molecule has 0 aliphatic rings. The van der Waals surface area contributed by atoms with Crippen LogP contribution in [0, 0.1) is 5.92 Å². The molecule has 6 nitrogen and oxygen atoms in total. The highest BCUT2D eigenvalue weighted by atomic mass is 16.3. The quantitative estimate of drug-likeness (QED) is 0.628. The predicted molar refractivity (Wildman–Crippen MR) is 83.9 cm³/mol. The van der Waals surface area contributed by atoms with Crippen LogP contribution in [0.1, 0.15) is 19.7 Å². The number of oxazole rings is 1. The van der Waals surface area contributed by atoms with Gasteiger partial charge in [-0.25, -0.2) is 4.98 Å². The number of fused-ring (bicyclic) bond motifs is 1. The van der Waals surface area contributed by atoms with Crippen molar-refractivity contribution in [2.24, 2.45) is 5.92 Å². The zero-order valence-electron chi connectivity index (χ0n) is 12.6. The number of nitrogens with one attached hydrogen (secondary N) is 2. The minimum absolute atomic E-state index is 0.0312. The van der Waals surface area contributed by atoms with Crippen molar-refractivity contribution in [3.05, 3.63) is 36.2 Å². The summed E-state index contributed by atoms with van der Waals surface area (Å²) in [6.45, 7) is 4.41. The van der Waals surface area contributed by atoms with Gasteiger partial charge in [0.2, 0.25) is 17.7 Å².